The first kappa shape index (κ1) is 9.19. The standard InChI is InChI=1S/C11H13FN2/c1-7(2)8-3-10-11(13-5-8)4-9(12)6-14-10/h4,6,8,13H,1,3,5H2,2H3. The summed E-state index contributed by atoms with van der Waals surface area (Å²) in [5, 5.41) is 3.17. The van der Waals surface area contributed by atoms with Gasteiger partial charge in [-0.05, 0) is 13.3 Å². The van der Waals surface area contributed by atoms with Crippen molar-refractivity contribution in [3.8, 4) is 0 Å². The highest BCUT2D eigenvalue weighted by Crippen LogP contribution is 2.26. The maximum absolute atomic E-state index is 12.8. The fourth-order valence-corrected chi connectivity index (χ4v) is 1.67. The molecule has 2 nitrogen and oxygen atoms in total. The van der Waals surface area contributed by atoms with E-state index in [-0.39, 0.29) is 5.82 Å². The SMILES string of the molecule is C=C(C)C1CNc2cc(F)cnc2C1. The summed E-state index contributed by atoms with van der Waals surface area (Å²) in [5.74, 6) is 0.130. The monoisotopic (exact) mass is 192 g/mol. The van der Waals surface area contributed by atoms with E-state index >= 15 is 0 Å². The summed E-state index contributed by atoms with van der Waals surface area (Å²) in [6.07, 6.45) is 2.12. The summed E-state index contributed by atoms with van der Waals surface area (Å²) >= 11 is 0. The van der Waals surface area contributed by atoms with Gasteiger partial charge < -0.3 is 5.32 Å². The lowest BCUT2D eigenvalue weighted by Gasteiger charge is -2.25. The van der Waals surface area contributed by atoms with E-state index in [1.54, 1.807) is 0 Å². The zero-order chi connectivity index (χ0) is 10.1. The average Bonchev–Trinajstić information content (AvgIpc) is 2.16. The number of pyridine rings is 1. The quantitative estimate of drug-likeness (QED) is 0.691. The highest BCUT2D eigenvalue weighted by molar-refractivity contribution is 5.50. The van der Waals surface area contributed by atoms with E-state index in [2.05, 4.69) is 16.9 Å². The lowest BCUT2D eigenvalue weighted by Crippen LogP contribution is -2.24. The summed E-state index contributed by atoms with van der Waals surface area (Å²) in [7, 11) is 0. The third-order valence-electron chi connectivity index (χ3n) is 2.61. The minimum atomic E-state index is -0.287. The molecule has 0 spiro atoms. The third kappa shape index (κ3) is 1.62. The van der Waals surface area contributed by atoms with Gasteiger partial charge in [-0.2, -0.15) is 0 Å². The Morgan fingerprint density at radius 2 is 2.50 bits per heavy atom. The largest absolute Gasteiger partial charge is 0.383 e. The third-order valence-corrected chi connectivity index (χ3v) is 2.61. The predicted molar refractivity (Wildman–Crippen MR) is 54.7 cm³/mol. The molecule has 0 aromatic carbocycles. The van der Waals surface area contributed by atoms with Crippen LogP contribution in [0.5, 0.6) is 0 Å². The van der Waals surface area contributed by atoms with Crippen LogP contribution >= 0.6 is 0 Å². The minimum Gasteiger partial charge on any atom is -0.383 e. The topological polar surface area (TPSA) is 24.9 Å². The molecule has 0 bridgehead atoms. The Morgan fingerprint density at radius 3 is 3.21 bits per heavy atom. The van der Waals surface area contributed by atoms with Gasteiger partial charge in [-0.3, -0.25) is 4.98 Å². The van der Waals surface area contributed by atoms with Crippen molar-refractivity contribution in [1.29, 1.82) is 0 Å². The summed E-state index contributed by atoms with van der Waals surface area (Å²) < 4.78 is 12.8. The van der Waals surface area contributed by atoms with Crippen molar-refractivity contribution in [2.75, 3.05) is 11.9 Å². The van der Waals surface area contributed by atoms with Crippen LogP contribution in [-0.4, -0.2) is 11.5 Å². The van der Waals surface area contributed by atoms with Crippen LogP contribution in [0.2, 0.25) is 0 Å². The van der Waals surface area contributed by atoms with Crippen LogP contribution in [0.4, 0.5) is 10.1 Å². The van der Waals surface area contributed by atoms with Crippen LogP contribution in [0.3, 0.4) is 0 Å². The van der Waals surface area contributed by atoms with Gasteiger partial charge in [-0.15, -0.1) is 0 Å². The maximum atomic E-state index is 12.8. The molecule has 0 fully saturated rings. The van der Waals surface area contributed by atoms with Crippen molar-refractivity contribution >= 4 is 5.69 Å². The highest BCUT2D eigenvalue weighted by Gasteiger charge is 2.19. The number of fused-ring (bicyclic) bond motifs is 1. The van der Waals surface area contributed by atoms with Crippen LogP contribution in [-0.2, 0) is 6.42 Å². The Hall–Kier alpha value is -1.38. The molecule has 14 heavy (non-hydrogen) atoms. The van der Waals surface area contributed by atoms with E-state index in [0.29, 0.717) is 5.92 Å². The highest BCUT2D eigenvalue weighted by atomic mass is 19.1. The van der Waals surface area contributed by atoms with E-state index in [1.165, 1.54) is 12.3 Å². The summed E-state index contributed by atoms with van der Waals surface area (Å²) in [6.45, 7) is 6.77. The molecule has 1 N–H and O–H groups in total. The van der Waals surface area contributed by atoms with E-state index < -0.39 is 0 Å². The van der Waals surface area contributed by atoms with Gasteiger partial charge in [0.1, 0.15) is 5.82 Å². The molecule has 1 unspecified atom stereocenters. The molecule has 2 heterocycles. The van der Waals surface area contributed by atoms with Crippen LogP contribution < -0.4 is 5.32 Å². The zero-order valence-electron chi connectivity index (χ0n) is 8.18. The second-order valence-corrected chi connectivity index (χ2v) is 3.78. The first-order valence-corrected chi connectivity index (χ1v) is 4.70. The number of rotatable bonds is 1. The minimum absolute atomic E-state index is 0.287. The summed E-state index contributed by atoms with van der Waals surface area (Å²) in [4.78, 5) is 4.07. The second-order valence-electron chi connectivity index (χ2n) is 3.78. The first-order chi connectivity index (χ1) is 6.66. The van der Waals surface area contributed by atoms with Gasteiger partial charge in [0, 0.05) is 18.5 Å². The molecule has 0 saturated carbocycles. The van der Waals surface area contributed by atoms with Crippen LogP contribution in [0.1, 0.15) is 12.6 Å². The number of halogens is 1. The van der Waals surface area contributed by atoms with Crippen LogP contribution in [0, 0.1) is 11.7 Å². The molecule has 1 aromatic heterocycles. The predicted octanol–water partition coefficient (Wildman–Crippen LogP) is 2.38. The molecule has 74 valence electrons. The number of nitrogens with one attached hydrogen (secondary N) is 1. The van der Waals surface area contributed by atoms with Crippen molar-refractivity contribution in [2.45, 2.75) is 13.3 Å². The lowest BCUT2D eigenvalue weighted by molar-refractivity contribution is 0.591. The Bertz CT molecular complexity index is 374. The van der Waals surface area contributed by atoms with Gasteiger partial charge >= 0.3 is 0 Å². The normalized spacial score (nSPS) is 19.7. The van der Waals surface area contributed by atoms with Gasteiger partial charge in [0.15, 0.2) is 0 Å². The smallest absolute Gasteiger partial charge is 0.143 e. The number of anilines is 1. The number of nitrogens with zero attached hydrogens (tertiary/aromatic N) is 1. The van der Waals surface area contributed by atoms with Crippen molar-refractivity contribution in [1.82, 2.24) is 4.98 Å². The lowest BCUT2D eigenvalue weighted by atomic mass is 9.92. The van der Waals surface area contributed by atoms with E-state index in [9.17, 15) is 4.39 Å². The van der Waals surface area contributed by atoms with Crippen LogP contribution in [0.15, 0.2) is 24.4 Å². The second kappa shape index (κ2) is 3.40. The maximum Gasteiger partial charge on any atom is 0.143 e. The fraction of sp³-hybridized carbons (Fsp3) is 0.364. The Labute approximate surface area is 82.9 Å². The van der Waals surface area contributed by atoms with Crippen molar-refractivity contribution in [2.24, 2.45) is 5.92 Å². The zero-order valence-corrected chi connectivity index (χ0v) is 8.18. The van der Waals surface area contributed by atoms with Gasteiger partial charge in [0.05, 0.1) is 17.6 Å². The Balaban J connectivity index is 2.27. The van der Waals surface area contributed by atoms with E-state index in [4.69, 9.17) is 0 Å². The molecule has 1 aliphatic rings. The molecule has 3 heteroatoms. The van der Waals surface area contributed by atoms with Gasteiger partial charge in [0.25, 0.3) is 0 Å². The summed E-state index contributed by atoms with van der Waals surface area (Å²) in [6, 6.07) is 1.50. The van der Waals surface area contributed by atoms with Crippen molar-refractivity contribution in [3.05, 3.63) is 35.9 Å². The molecule has 0 aliphatic carbocycles. The average molecular weight is 192 g/mol. The molecule has 1 aromatic rings. The Kier molecular flexibility index (Phi) is 2.23. The van der Waals surface area contributed by atoms with E-state index in [1.807, 2.05) is 6.92 Å². The molecular weight excluding hydrogens is 179 g/mol. The molecule has 0 radical (unpaired) electrons. The molecule has 0 amide bonds. The van der Waals surface area contributed by atoms with E-state index in [0.717, 1.165) is 29.9 Å². The molecule has 1 atom stereocenters. The first-order valence-electron chi connectivity index (χ1n) is 4.70. The molecule has 1 aliphatic heterocycles. The summed E-state index contributed by atoms with van der Waals surface area (Å²) in [5.41, 5.74) is 2.91. The number of aromatic nitrogens is 1. The van der Waals surface area contributed by atoms with Gasteiger partial charge in [0.2, 0.25) is 0 Å². The molecule has 0 saturated heterocycles. The van der Waals surface area contributed by atoms with Gasteiger partial charge in [-0.25, -0.2) is 4.39 Å². The van der Waals surface area contributed by atoms with Gasteiger partial charge in [-0.1, -0.05) is 12.2 Å². The number of hydrogen-bond acceptors (Lipinski definition) is 2. The molecular formula is C11H13FN2. The van der Waals surface area contributed by atoms with Crippen molar-refractivity contribution < 1.29 is 4.39 Å². The fourth-order valence-electron chi connectivity index (χ4n) is 1.67. The van der Waals surface area contributed by atoms with Crippen molar-refractivity contribution in [3.63, 3.8) is 0 Å². The number of hydrogen-bond donors (Lipinski definition) is 1. The van der Waals surface area contributed by atoms with Crippen LogP contribution in [0.25, 0.3) is 0 Å². The molecule has 2 rings (SSSR count). The Morgan fingerprint density at radius 1 is 1.71 bits per heavy atom.